The van der Waals surface area contributed by atoms with Crippen LogP contribution in [0.1, 0.15) is 5.69 Å². The molecule has 0 aliphatic carbocycles. The summed E-state index contributed by atoms with van der Waals surface area (Å²) in [4.78, 5) is 0. The van der Waals surface area contributed by atoms with Crippen LogP contribution in [0.3, 0.4) is 0 Å². The van der Waals surface area contributed by atoms with E-state index in [1.165, 1.54) is 0 Å². The molecule has 5 heteroatoms. The number of halogens is 1. The van der Waals surface area contributed by atoms with Gasteiger partial charge in [-0.25, -0.2) is 4.68 Å². The Balaban J connectivity index is 2.34. The molecule has 1 aromatic heterocycles. The van der Waals surface area contributed by atoms with Crippen LogP contribution in [0.2, 0.25) is 0 Å². The molecule has 2 rings (SSSR count). The number of ether oxygens (including phenoxy) is 1. The standard InChI is InChI=1S/C7H9BrN2O2/c8-6-5(1-3-11)9-10-2-4-12-7(6)10/h11H,1-4H2. The summed E-state index contributed by atoms with van der Waals surface area (Å²) < 4.78 is 8.03. The van der Waals surface area contributed by atoms with Gasteiger partial charge >= 0.3 is 0 Å². The van der Waals surface area contributed by atoms with Crippen LogP contribution in [0, 0.1) is 0 Å². The fourth-order valence-corrected chi connectivity index (χ4v) is 1.85. The summed E-state index contributed by atoms with van der Waals surface area (Å²) in [6, 6.07) is 0. The largest absolute Gasteiger partial charge is 0.475 e. The number of hydrogen-bond donors (Lipinski definition) is 1. The molecule has 4 nitrogen and oxygen atoms in total. The van der Waals surface area contributed by atoms with Gasteiger partial charge in [0.2, 0.25) is 5.88 Å². The molecule has 0 fully saturated rings. The monoisotopic (exact) mass is 232 g/mol. The first-order chi connectivity index (χ1) is 5.83. The maximum absolute atomic E-state index is 8.72. The van der Waals surface area contributed by atoms with Gasteiger partial charge in [-0.05, 0) is 15.9 Å². The fourth-order valence-electron chi connectivity index (χ4n) is 1.26. The van der Waals surface area contributed by atoms with Crippen molar-refractivity contribution < 1.29 is 9.84 Å². The van der Waals surface area contributed by atoms with Gasteiger partial charge < -0.3 is 9.84 Å². The van der Waals surface area contributed by atoms with Crippen molar-refractivity contribution in [3.63, 3.8) is 0 Å². The minimum absolute atomic E-state index is 0.120. The average molecular weight is 233 g/mol. The summed E-state index contributed by atoms with van der Waals surface area (Å²) >= 11 is 3.38. The lowest BCUT2D eigenvalue weighted by molar-refractivity contribution is 0.297. The summed E-state index contributed by atoms with van der Waals surface area (Å²) in [5, 5.41) is 13.0. The Morgan fingerprint density at radius 3 is 3.17 bits per heavy atom. The van der Waals surface area contributed by atoms with Gasteiger partial charge in [0.25, 0.3) is 0 Å². The minimum Gasteiger partial charge on any atom is -0.475 e. The number of hydrogen-bond acceptors (Lipinski definition) is 3. The zero-order valence-electron chi connectivity index (χ0n) is 6.46. The summed E-state index contributed by atoms with van der Waals surface area (Å²) in [5.41, 5.74) is 0.868. The lowest BCUT2D eigenvalue weighted by atomic mass is 10.3. The van der Waals surface area contributed by atoms with Crippen molar-refractivity contribution in [1.29, 1.82) is 0 Å². The third kappa shape index (κ3) is 1.13. The molecule has 1 aliphatic heterocycles. The Kier molecular flexibility index (Phi) is 2.06. The molecular formula is C7H9BrN2O2. The van der Waals surface area contributed by atoms with E-state index >= 15 is 0 Å². The average Bonchev–Trinajstić information content (AvgIpc) is 2.58. The second-order valence-electron chi connectivity index (χ2n) is 2.61. The van der Waals surface area contributed by atoms with Crippen LogP contribution in [0.4, 0.5) is 0 Å². The van der Waals surface area contributed by atoms with Gasteiger partial charge in [0, 0.05) is 13.0 Å². The molecule has 0 saturated carbocycles. The smallest absolute Gasteiger partial charge is 0.226 e. The number of rotatable bonds is 2. The minimum atomic E-state index is 0.120. The molecule has 0 aromatic carbocycles. The SMILES string of the molecule is OCCc1nn2c(c1Br)OCC2. The van der Waals surface area contributed by atoms with Crippen molar-refractivity contribution in [2.75, 3.05) is 13.2 Å². The molecule has 0 amide bonds. The highest BCUT2D eigenvalue weighted by atomic mass is 79.9. The Labute approximate surface area is 78.3 Å². The van der Waals surface area contributed by atoms with Gasteiger partial charge in [-0.15, -0.1) is 0 Å². The lowest BCUT2D eigenvalue weighted by Crippen LogP contribution is -1.99. The number of aromatic nitrogens is 2. The maximum atomic E-state index is 8.72. The van der Waals surface area contributed by atoms with Crippen molar-refractivity contribution in [3.05, 3.63) is 10.2 Å². The molecule has 1 aromatic rings. The summed E-state index contributed by atoms with van der Waals surface area (Å²) in [6.07, 6.45) is 0.573. The lowest BCUT2D eigenvalue weighted by Gasteiger charge is -1.94. The van der Waals surface area contributed by atoms with Crippen molar-refractivity contribution >= 4 is 15.9 Å². The highest BCUT2D eigenvalue weighted by Crippen LogP contribution is 2.31. The second kappa shape index (κ2) is 3.06. The van der Waals surface area contributed by atoms with Crippen LogP contribution in [-0.4, -0.2) is 28.1 Å². The summed E-state index contributed by atoms with van der Waals surface area (Å²) in [6.45, 7) is 1.62. The number of nitrogens with zero attached hydrogens (tertiary/aromatic N) is 2. The van der Waals surface area contributed by atoms with Gasteiger partial charge in [0.1, 0.15) is 11.1 Å². The van der Waals surface area contributed by atoms with E-state index in [1.54, 1.807) is 0 Å². The van der Waals surface area contributed by atoms with E-state index < -0.39 is 0 Å². The Morgan fingerprint density at radius 1 is 1.67 bits per heavy atom. The number of aliphatic hydroxyl groups excluding tert-OH is 1. The normalized spacial score (nSPS) is 14.5. The van der Waals surface area contributed by atoms with Crippen molar-refractivity contribution in [2.24, 2.45) is 0 Å². The Bertz CT molecular complexity index is 298. The van der Waals surface area contributed by atoms with Crippen molar-refractivity contribution in [2.45, 2.75) is 13.0 Å². The molecule has 12 heavy (non-hydrogen) atoms. The van der Waals surface area contributed by atoms with Crippen LogP contribution < -0.4 is 4.74 Å². The first-order valence-corrected chi connectivity index (χ1v) is 4.61. The van der Waals surface area contributed by atoms with Gasteiger partial charge in [-0.1, -0.05) is 0 Å². The van der Waals surface area contributed by atoms with Gasteiger partial charge in [0.15, 0.2) is 0 Å². The predicted molar refractivity (Wildman–Crippen MR) is 46.2 cm³/mol. The van der Waals surface area contributed by atoms with Gasteiger partial charge in [0.05, 0.1) is 12.2 Å². The van der Waals surface area contributed by atoms with Crippen LogP contribution in [0.25, 0.3) is 0 Å². The fraction of sp³-hybridized carbons (Fsp3) is 0.571. The topological polar surface area (TPSA) is 47.3 Å². The summed E-state index contributed by atoms with van der Waals surface area (Å²) in [7, 11) is 0. The van der Waals surface area contributed by atoms with Crippen molar-refractivity contribution in [3.8, 4) is 5.88 Å². The van der Waals surface area contributed by atoms with E-state index in [2.05, 4.69) is 21.0 Å². The molecule has 66 valence electrons. The van der Waals surface area contributed by atoms with Crippen LogP contribution in [0.15, 0.2) is 4.47 Å². The van der Waals surface area contributed by atoms with Crippen LogP contribution in [-0.2, 0) is 13.0 Å². The van der Waals surface area contributed by atoms with E-state index in [0.29, 0.717) is 13.0 Å². The van der Waals surface area contributed by atoms with E-state index in [-0.39, 0.29) is 6.61 Å². The highest BCUT2D eigenvalue weighted by molar-refractivity contribution is 9.10. The third-order valence-electron chi connectivity index (χ3n) is 1.81. The third-order valence-corrected chi connectivity index (χ3v) is 2.60. The quantitative estimate of drug-likeness (QED) is 0.812. The maximum Gasteiger partial charge on any atom is 0.226 e. The van der Waals surface area contributed by atoms with E-state index in [0.717, 1.165) is 22.6 Å². The zero-order valence-corrected chi connectivity index (χ0v) is 8.04. The van der Waals surface area contributed by atoms with Crippen LogP contribution in [0.5, 0.6) is 5.88 Å². The van der Waals surface area contributed by atoms with Crippen LogP contribution >= 0.6 is 15.9 Å². The zero-order chi connectivity index (χ0) is 8.55. The molecule has 0 bridgehead atoms. The molecule has 0 atom stereocenters. The molecule has 0 spiro atoms. The van der Waals surface area contributed by atoms with Gasteiger partial charge in [-0.2, -0.15) is 5.10 Å². The number of aliphatic hydroxyl groups is 1. The van der Waals surface area contributed by atoms with Crippen molar-refractivity contribution in [1.82, 2.24) is 9.78 Å². The molecule has 1 aliphatic rings. The van der Waals surface area contributed by atoms with E-state index in [1.807, 2.05) is 4.68 Å². The Hall–Kier alpha value is -0.550. The molecule has 1 N–H and O–H groups in total. The number of fused-ring (bicyclic) bond motifs is 1. The highest BCUT2D eigenvalue weighted by Gasteiger charge is 2.20. The molecular weight excluding hydrogens is 224 g/mol. The predicted octanol–water partition coefficient (Wildman–Crippen LogP) is 0.573. The van der Waals surface area contributed by atoms with E-state index in [9.17, 15) is 0 Å². The molecule has 0 unspecified atom stereocenters. The first-order valence-electron chi connectivity index (χ1n) is 3.82. The van der Waals surface area contributed by atoms with E-state index in [4.69, 9.17) is 9.84 Å². The van der Waals surface area contributed by atoms with Gasteiger partial charge in [-0.3, -0.25) is 0 Å². The molecule has 0 saturated heterocycles. The molecule has 2 heterocycles. The summed E-state index contributed by atoms with van der Waals surface area (Å²) in [5.74, 6) is 0.790. The second-order valence-corrected chi connectivity index (χ2v) is 3.40. The molecule has 0 radical (unpaired) electrons. The Morgan fingerprint density at radius 2 is 2.50 bits per heavy atom. The first kappa shape index (κ1) is 8.07.